The van der Waals surface area contributed by atoms with Gasteiger partial charge in [-0.2, -0.15) is 18.4 Å². The third-order valence-electron chi connectivity index (χ3n) is 6.42. The van der Waals surface area contributed by atoms with Crippen molar-refractivity contribution < 1.29 is 32.2 Å². The Morgan fingerprint density at radius 2 is 1.94 bits per heavy atom. The fourth-order valence-corrected chi connectivity index (χ4v) is 4.99. The van der Waals surface area contributed by atoms with E-state index in [1.165, 1.54) is 19.2 Å². The number of hydrogen-bond acceptors (Lipinski definition) is 5. The van der Waals surface area contributed by atoms with Gasteiger partial charge in [-0.1, -0.05) is 0 Å². The number of nitriles is 1. The molecule has 0 aromatic heterocycles. The van der Waals surface area contributed by atoms with Crippen LogP contribution >= 0.6 is 0 Å². The third-order valence-corrected chi connectivity index (χ3v) is 6.42. The van der Waals surface area contributed by atoms with Gasteiger partial charge < -0.3 is 19.2 Å². The normalized spacial score (nSPS) is 31.9. The number of amides is 1. The minimum Gasteiger partial charge on any atom is -0.370 e. The van der Waals surface area contributed by atoms with Crippen molar-refractivity contribution in [3.05, 3.63) is 29.3 Å². The summed E-state index contributed by atoms with van der Waals surface area (Å²) in [6.45, 7) is 9.14. The zero-order valence-electron chi connectivity index (χ0n) is 18.9. The van der Waals surface area contributed by atoms with Gasteiger partial charge in [-0.3, -0.25) is 4.79 Å². The minimum atomic E-state index is -4.75. The maximum Gasteiger partial charge on any atom is 0.417 e. The number of benzene rings is 1. The zero-order valence-corrected chi connectivity index (χ0v) is 18.9. The Labute approximate surface area is 185 Å². The summed E-state index contributed by atoms with van der Waals surface area (Å²) >= 11 is 0. The number of alkyl halides is 3. The van der Waals surface area contributed by atoms with Crippen molar-refractivity contribution in [2.24, 2.45) is 11.8 Å². The molecular weight excluding hydrogens is 425 g/mol. The molecule has 6 nitrogen and oxygen atoms in total. The van der Waals surface area contributed by atoms with E-state index in [-0.39, 0.29) is 5.69 Å². The van der Waals surface area contributed by atoms with Gasteiger partial charge in [-0.15, -0.1) is 0 Å². The van der Waals surface area contributed by atoms with Gasteiger partial charge in [0.2, 0.25) is 5.91 Å². The van der Waals surface area contributed by atoms with Gasteiger partial charge in [-0.05, 0) is 52.8 Å². The Morgan fingerprint density at radius 3 is 2.44 bits per heavy atom. The van der Waals surface area contributed by atoms with Crippen LogP contribution in [-0.2, 0) is 25.2 Å². The van der Waals surface area contributed by atoms with E-state index in [1.54, 1.807) is 13.8 Å². The Hall–Kier alpha value is -2.44. The van der Waals surface area contributed by atoms with E-state index in [1.807, 2.05) is 20.8 Å². The van der Waals surface area contributed by atoms with Crippen molar-refractivity contribution in [3.8, 4) is 6.07 Å². The van der Waals surface area contributed by atoms with Crippen LogP contribution in [0.25, 0.3) is 0 Å². The van der Waals surface area contributed by atoms with Crippen LogP contribution in [0.15, 0.2) is 18.2 Å². The van der Waals surface area contributed by atoms with E-state index in [0.717, 1.165) is 17.0 Å². The monoisotopic (exact) mass is 452 g/mol. The summed E-state index contributed by atoms with van der Waals surface area (Å²) in [7, 11) is 1.35. The van der Waals surface area contributed by atoms with Crippen molar-refractivity contribution in [3.63, 3.8) is 0 Å². The first-order valence-corrected chi connectivity index (χ1v) is 10.3. The number of anilines is 1. The highest BCUT2D eigenvalue weighted by atomic mass is 19.4. The second-order valence-corrected chi connectivity index (χ2v) is 9.90. The number of nitrogens with zero attached hydrogens (tertiary/aromatic N) is 2. The SMILES string of the molecule is CN(C(=O)[C@H]1[C@@H](C=O)C2(C)OC1(C)CC2OC(C)(C)C)c1ccc(C#N)c(C(F)(F)F)c1. The topological polar surface area (TPSA) is 79.6 Å². The summed E-state index contributed by atoms with van der Waals surface area (Å²) in [6.07, 6.45) is -4.11. The first-order chi connectivity index (χ1) is 14.6. The van der Waals surface area contributed by atoms with Crippen molar-refractivity contribution in [2.75, 3.05) is 11.9 Å². The van der Waals surface area contributed by atoms with Crippen molar-refractivity contribution in [2.45, 2.75) is 70.1 Å². The maximum atomic E-state index is 13.5. The average molecular weight is 452 g/mol. The van der Waals surface area contributed by atoms with Crippen molar-refractivity contribution in [1.29, 1.82) is 5.26 Å². The van der Waals surface area contributed by atoms with Gasteiger partial charge in [0.25, 0.3) is 0 Å². The standard InChI is InChI=1S/C23H27F3N2O4/c1-20(2,3)31-17-10-21(4)18(16(12-29)22(17,5)32-21)19(30)28(6)14-8-7-13(11-27)15(9-14)23(24,25)26/h7-9,12,16-18H,10H2,1-6H3/t16-,17?,18-,21?,22?/m1/s1. The molecule has 0 saturated carbocycles. The lowest BCUT2D eigenvalue weighted by molar-refractivity contribution is -0.148. The third kappa shape index (κ3) is 3.90. The lowest BCUT2D eigenvalue weighted by atomic mass is 9.66. The summed E-state index contributed by atoms with van der Waals surface area (Å²) in [5.74, 6) is -2.25. The number of carbonyl (C=O) groups is 2. The molecule has 32 heavy (non-hydrogen) atoms. The Kier molecular flexibility index (Phi) is 5.72. The molecule has 3 rings (SSSR count). The zero-order chi connectivity index (χ0) is 24.3. The highest BCUT2D eigenvalue weighted by Crippen LogP contribution is 2.58. The predicted octanol–water partition coefficient (Wildman–Crippen LogP) is 4.11. The molecule has 2 aliphatic rings. The number of halogens is 3. The molecule has 0 radical (unpaired) electrons. The number of hydrogen-bond donors (Lipinski definition) is 0. The Balaban J connectivity index is 1.95. The largest absolute Gasteiger partial charge is 0.417 e. The van der Waals surface area contributed by atoms with E-state index in [9.17, 15) is 22.8 Å². The Morgan fingerprint density at radius 1 is 1.31 bits per heavy atom. The van der Waals surface area contributed by atoms with Crippen LogP contribution in [0.5, 0.6) is 0 Å². The summed E-state index contributed by atoms with van der Waals surface area (Å²) < 4.78 is 52.5. The van der Waals surface area contributed by atoms with Crippen LogP contribution in [0, 0.1) is 23.2 Å². The lowest BCUT2D eigenvalue weighted by Gasteiger charge is -2.41. The van der Waals surface area contributed by atoms with E-state index >= 15 is 0 Å². The van der Waals surface area contributed by atoms with Gasteiger partial charge in [0.1, 0.15) is 11.9 Å². The summed E-state index contributed by atoms with van der Waals surface area (Å²) in [6, 6.07) is 4.61. The van der Waals surface area contributed by atoms with Crippen LogP contribution in [0.1, 0.15) is 52.2 Å². The first kappa shape index (κ1) is 24.2. The molecule has 1 amide bonds. The molecule has 3 unspecified atom stereocenters. The van der Waals surface area contributed by atoms with Gasteiger partial charge in [0, 0.05) is 19.2 Å². The molecule has 0 N–H and O–H groups in total. The second-order valence-electron chi connectivity index (χ2n) is 9.90. The molecule has 2 aliphatic heterocycles. The van der Waals surface area contributed by atoms with Crippen LogP contribution in [0.2, 0.25) is 0 Å². The summed E-state index contributed by atoms with van der Waals surface area (Å²) in [5.41, 5.74) is -4.21. The van der Waals surface area contributed by atoms with E-state index < -0.39 is 58.0 Å². The molecule has 2 fully saturated rings. The van der Waals surface area contributed by atoms with Gasteiger partial charge in [0.05, 0.1) is 46.3 Å². The average Bonchev–Trinajstić information content (AvgIpc) is 3.06. The van der Waals surface area contributed by atoms with E-state index in [4.69, 9.17) is 14.7 Å². The number of fused-ring (bicyclic) bond motifs is 2. The molecule has 2 saturated heterocycles. The fraction of sp³-hybridized carbons (Fsp3) is 0.609. The molecule has 9 heteroatoms. The smallest absolute Gasteiger partial charge is 0.370 e. The lowest BCUT2D eigenvalue weighted by Crippen LogP contribution is -2.55. The number of rotatable bonds is 4. The highest BCUT2D eigenvalue weighted by Gasteiger charge is 2.70. The number of ether oxygens (including phenoxy) is 2. The molecule has 5 atom stereocenters. The first-order valence-electron chi connectivity index (χ1n) is 10.3. The number of aldehydes is 1. The van der Waals surface area contributed by atoms with Crippen LogP contribution in [-0.4, -0.2) is 42.1 Å². The maximum absolute atomic E-state index is 13.5. The second kappa shape index (κ2) is 7.56. The predicted molar refractivity (Wildman–Crippen MR) is 110 cm³/mol. The van der Waals surface area contributed by atoms with Crippen LogP contribution in [0.4, 0.5) is 18.9 Å². The molecular formula is C23H27F3N2O4. The molecule has 2 bridgehead atoms. The van der Waals surface area contributed by atoms with Crippen molar-refractivity contribution in [1.82, 2.24) is 0 Å². The summed E-state index contributed by atoms with van der Waals surface area (Å²) in [4.78, 5) is 26.7. The molecule has 174 valence electrons. The van der Waals surface area contributed by atoms with E-state index in [0.29, 0.717) is 12.7 Å². The van der Waals surface area contributed by atoms with Crippen LogP contribution < -0.4 is 4.90 Å². The van der Waals surface area contributed by atoms with E-state index in [2.05, 4.69) is 0 Å². The number of carbonyl (C=O) groups excluding carboxylic acids is 2. The summed E-state index contributed by atoms with van der Waals surface area (Å²) in [5, 5.41) is 9.00. The molecule has 0 spiro atoms. The molecule has 1 aromatic carbocycles. The van der Waals surface area contributed by atoms with Gasteiger partial charge >= 0.3 is 6.18 Å². The van der Waals surface area contributed by atoms with Crippen LogP contribution in [0.3, 0.4) is 0 Å². The van der Waals surface area contributed by atoms with Gasteiger partial charge in [-0.25, -0.2) is 0 Å². The minimum absolute atomic E-state index is 0.0232. The Bertz CT molecular complexity index is 981. The quantitative estimate of drug-likeness (QED) is 0.643. The molecule has 2 heterocycles. The van der Waals surface area contributed by atoms with Crippen molar-refractivity contribution >= 4 is 17.9 Å². The fourth-order valence-electron chi connectivity index (χ4n) is 4.99. The molecule has 0 aliphatic carbocycles. The highest BCUT2D eigenvalue weighted by molar-refractivity contribution is 5.97. The van der Waals surface area contributed by atoms with Gasteiger partial charge in [0.15, 0.2) is 0 Å². The molecule has 1 aromatic rings.